The molecule has 0 bridgehead atoms. The van der Waals surface area contributed by atoms with Crippen LogP contribution in [-0.4, -0.2) is 19.5 Å². The quantitative estimate of drug-likeness (QED) is 0.165. The van der Waals surface area contributed by atoms with E-state index in [0.717, 1.165) is 71.4 Å². The van der Waals surface area contributed by atoms with E-state index in [9.17, 15) is 0 Å². The summed E-state index contributed by atoms with van der Waals surface area (Å²) in [5.41, 5.74) is 10.3. The Morgan fingerprint density at radius 3 is 1.69 bits per heavy atom. The number of hydrogen-bond donors (Lipinski definition) is 0. The number of fused-ring (bicyclic) bond motifs is 9. The van der Waals surface area contributed by atoms with Crippen molar-refractivity contribution in [3.05, 3.63) is 194 Å². The van der Waals surface area contributed by atoms with Gasteiger partial charge >= 0.3 is 0 Å². The van der Waals surface area contributed by atoms with E-state index in [1.54, 1.807) is 0 Å². The molecule has 270 valence electrons. The summed E-state index contributed by atoms with van der Waals surface area (Å²) in [5, 5.41) is 9.13. The highest BCUT2D eigenvalue weighted by molar-refractivity contribution is 6.13. The van der Waals surface area contributed by atoms with Crippen LogP contribution in [0.1, 0.15) is 0 Å². The highest BCUT2D eigenvalue weighted by Crippen LogP contribution is 2.39. The van der Waals surface area contributed by atoms with Crippen LogP contribution < -0.4 is 0 Å². The zero-order chi connectivity index (χ0) is 38.2. The van der Waals surface area contributed by atoms with E-state index in [4.69, 9.17) is 19.4 Å². The van der Waals surface area contributed by atoms with Crippen molar-refractivity contribution < 1.29 is 4.42 Å². The van der Waals surface area contributed by atoms with Crippen LogP contribution in [0.4, 0.5) is 0 Å². The molecule has 0 saturated carbocycles. The molecule has 0 aliphatic carbocycles. The van der Waals surface area contributed by atoms with Crippen LogP contribution in [0.3, 0.4) is 0 Å². The van der Waals surface area contributed by atoms with E-state index < -0.39 is 0 Å². The Hall–Kier alpha value is -7.89. The first-order chi connectivity index (χ1) is 28.7. The van der Waals surface area contributed by atoms with Crippen molar-refractivity contribution in [1.82, 2.24) is 19.5 Å². The minimum absolute atomic E-state index is 0.570. The third-order valence-corrected chi connectivity index (χ3v) is 11.5. The van der Waals surface area contributed by atoms with E-state index in [-0.39, 0.29) is 0 Å². The Balaban J connectivity index is 1.04. The largest absolute Gasteiger partial charge is 0.456 e. The fraction of sp³-hybridized carbons (Fsp3) is 0. The first kappa shape index (κ1) is 32.4. The summed E-state index contributed by atoms with van der Waals surface area (Å²) in [7, 11) is 0. The van der Waals surface area contributed by atoms with Gasteiger partial charge in [0.25, 0.3) is 0 Å². The molecule has 5 heteroatoms. The van der Waals surface area contributed by atoms with Crippen molar-refractivity contribution in [3.63, 3.8) is 0 Å². The summed E-state index contributed by atoms with van der Waals surface area (Å²) in [6.45, 7) is 0. The molecule has 0 unspecified atom stereocenters. The Morgan fingerprint density at radius 2 is 0.914 bits per heavy atom. The number of benzene rings is 9. The van der Waals surface area contributed by atoms with E-state index in [0.29, 0.717) is 17.6 Å². The van der Waals surface area contributed by atoms with E-state index >= 15 is 0 Å². The maximum absolute atomic E-state index is 6.32. The minimum Gasteiger partial charge on any atom is -0.456 e. The number of rotatable bonds is 5. The molecule has 0 atom stereocenters. The van der Waals surface area contributed by atoms with Crippen molar-refractivity contribution in [2.24, 2.45) is 0 Å². The first-order valence-electron chi connectivity index (χ1n) is 19.5. The molecule has 0 spiro atoms. The highest BCUT2D eigenvalue weighted by Gasteiger charge is 2.20. The van der Waals surface area contributed by atoms with Crippen molar-refractivity contribution in [1.29, 1.82) is 0 Å². The predicted octanol–water partition coefficient (Wildman–Crippen LogP) is 13.8. The zero-order valence-corrected chi connectivity index (χ0v) is 31.2. The van der Waals surface area contributed by atoms with Gasteiger partial charge in [-0.05, 0) is 86.3 Å². The molecule has 9 aromatic carbocycles. The number of para-hydroxylation sites is 1. The molecule has 0 N–H and O–H groups in total. The van der Waals surface area contributed by atoms with Gasteiger partial charge in [0, 0.05) is 32.7 Å². The molecule has 0 saturated heterocycles. The zero-order valence-electron chi connectivity index (χ0n) is 31.2. The van der Waals surface area contributed by atoms with Crippen LogP contribution in [0.5, 0.6) is 0 Å². The SMILES string of the molecule is c1ccc(-c2ccc3oc4ccc(-c5ccc6c(c5)c5ccccc5n6-c5nc(-c6ccccc6)nc(-c6cccc7c6ccc6ccccc67)n5)cc4c3c2)cc1. The molecule has 12 aromatic rings. The lowest BCUT2D eigenvalue weighted by atomic mass is 9.98. The molecule has 0 radical (unpaired) electrons. The third kappa shape index (κ3) is 5.14. The van der Waals surface area contributed by atoms with Gasteiger partial charge in [-0.2, -0.15) is 9.97 Å². The maximum Gasteiger partial charge on any atom is 0.238 e. The van der Waals surface area contributed by atoms with Crippen molar-refractivity contribution in [2.75, 3.05) is 0 Å². The number of nitrogens with zero attached hydrogens (tertiary/aromatic N) is 4. The van der Waals surface area contributed by atoms with E-state index in [1.807, 2.05) is 24.3 Å². The second-order valence-electron chi connectivity index (χ2n) is 14.8. The summed E-state index contributed by atoms with van der Waals surface area (Å²) >= 11 is 0. The number of furan rings is 1. The van der Waals surface area contributed by atoms with Crippen LogP contribution in [-0.2, 0) is 0 Å². The van der Waals surface area contributed by atoms with Crippen LogP contribution >= 0.6 is 0 Å². The Morgan fingerprint density at radius 1 is 0.328 bits per heavy atom. The molecule has 0 aliphatic heterocycles. The first-order valence-corrected chi connectivity index (χ1v) is 19.5. The van der Waals surface area contributed by atoms with Gasteiger partial charge in [0.1, 0.15) is 11.2 Å². The highest BCUT2D eigenvalue weighted by atomic mass is 16.3. The number of aromatic nitrogens is 4. The van der Waals surface area contributed by atoms with Gasteiger partial charge in [-0.1, -0.05) is 152 Å². The predicted molar refractivity (Wildman–Crippen MR) is 238 cm³/mol. The standard InChI is InChI=1S/C53H32N4O/c1-3-12-33(13-4-1)36-24-28-49-45(31-36)46-32-38(25-29-50(46)58-49)37-23-27-48-44(30-37)42-18-9-10-21-47(42)57(48)53-55-51(35-15-5-2-6-16-35)54-52(56-53)43-20-11-19-40-39-17-8-7-14-34(39)22-26-41(40)43/h1-32H. The van der Waals surface area contributed by atoms with Gasteiger partial charge in [-0.15, -0.1) is 0 Å². The molecule has 3 heterocycles. The van der Waals surface area contributed by atoms with Crippen molar-refractivity contribution in [2.45, 2.75) is 0 Å². The van der Waals surface area contributed by atoms with Crippen LogP contribution in [0.2, 0.25) is 0 Å². The smallest absolute Gasteiger partial charge is 0.238 e. The molecule has 58 heavy (non-hydrogen) atoms. The lowest BCUT2D eigenvalue weighted by Gasteiger charge is -2.13. The van der Waals surface area contributed by atoms with Gasteiger partial charge in [-0.25, -0.2) is 4.98 Å². The van der Waals surface area contributed by atoms with Gasteiger partial charge in [0.05, 0.1) is 11.0 Å². The maximum atomic E-state index is 6.32. The fourth-order valence-electron chi connectivity index (χ4n) is 8.67. The van der Waals surface area contributed by atoms with Crippen LogP contribution in [0.15, 0.2) is 199 Å². The Labute approximate surface area is 333 Å². The van der Waals surface area contributed by atoms with Crippen LogP contribution in [0.25, 0.3) is 116 Å². The summed E-state index contributed by atoms with van der Waals surface area (Å²) in [6, 6.07) is 68.1. The van der Waals surface area contributed by atoms with E-state index in [2.05, 4.69) is 174 Å². The topological polar surface area (TPSA) is 56.7 Å². The second kappa shape index (κ2) is 12.8. The summed E-state index contributed by atoms with van der Waals surface area (Å²) in [6.07, 6.45) is 0. The molecule has 3 aromatic heterocycles. The summed E-state index contributed by atoms with van der Waals surface area (Å²) in [5.74, 6) is 1.82. The summed E-state index contributed by atoms with van der Waals surface area (Å²) < 4.78 is 8.50. The Bertz CT molecular complexity index is 3570. The normalized spacial score (nSPS) is 11.8. The minimum atomic E-state index is 0.570. The monoisotopic (exact) mass is 740 g/mol. The summed E-state index contributed by atoms with van der Waals surface area (Å²) in [4.78, 5) is 15.6. The molecule has 0 fully saturated rings. The fourth-order valence-corrected chi connectivity index (χ4v) is 8.67. The molecule has 12 rings (SSSR count). The third-order valence-electron chi connectivity index (χ3n) is 11.5. The Kier molecular flexibility index (Phi) is 7.16. The average molecular weight is 741 g/mol. The molecule has 5 nitrogen and oxygen atoms in total. The van der Waals surface area contributed by atoms with Gasteiger partial charge in [0.15, 0.2) is 11.6 Å². The average Bonchev–Trinajstić information content (AvgIpc) is 3.84. The number of hydrogen-bond acceptors (Lipinski definition) is 4. The molecule has 0 aliphatic rings. The molecular formula is C53H32N4O. The van der Waals surface area contributed by atoms with Crippen molar-refractivity contribution >= 4 is 65.3 Å². The van der Waals surface area contributed by atoms with Gasteiger partial charge in [0.2, 0.25) is 5.95 Å². The van der Waals surface area contributed by atoms with E-state index in [1.165, 1.54) is 27.3 Å². The van der Waals surface area contributed by atoms with Crippen molar-refractivity contribution in [3.8, 4) is 51.0 Å². The van der Waals surface area contributed by atoms with Crippen LogP contribution in [0, 0.1) is 0 Å². The van der Waals surface area contributed by atoms with Gasteiger partial charge < -0.3 is 4.42 Å². The lowest BCUT2D eigenvalue weighted by molar-refractivity contribution is 0.669. The molecule has 0 amide bonds. The second-order valence-corrected chi connectivity index (χ2v) is 14.8. The molecular weight excluding hydrogens is 709 g/mol. The van der Waals surface area contributed by atoms with Gasteiger partial charge in [-0.3, -0.25) is 4.57 Å². The lowest BCUT2D eigenvalue weighted by Crippen LogP contribution is -2.06.